The third-order valence-electron chi connectivity index (χ3n) is 2.68. The lowest BCUT2D eigenvalue weighted by molar-refractivity contribution is 0.0686. The number of benzene rings is 2. The van der Waals surface area contributed by atoms with E-state index in [1.54, 1.807) is 0 Å². The maximum absolute atomic E-state index is 11.2. The molecule has 112 valence electrons. The van der Waals surface area contributed by atoms with Gasteiger partial charge in [-0.05, 0) is 24.3 Å². The fourth-order valence-electron chi connectivity index (χ4n) is 1.72. The molecule has 0 aliphatic rings. The van der Waals surface area contributed by atoms with Crippen LogP contribution in [0.3, 0.4) is 0 Å². The topological polar surface area (TPSA) is 99.3 Å². The molecule has 2 aromatic carbocycles. The molecule has 8 heteroatoms. The molecule has 22 heavy (non-hydrogen) atoms. The maximum atomic E-state index is 11.2. The van der Waals surface area contributed by atoms with Gasteiger partial charge in [0.1, 0.15) is 22.5 Å². The van der Waals surface area contributed by atoms with Crippen LogP contribution in [-0.4, -0.2) is 22.2 Å². The monoisotopic (exact) mass is 338 g/mol. The molecule has 0 amide bonds. The number of carboxylic acid groups (broad SMARTS) is 2. The summed E-state index contributed by atoms with van der Waals surface area (Å²) in [7, 11) is 0. The summed E-state index contributed by atoms with van der Waals surface area (Å²) in [5.74, 6) is -2.52. The molecule has 0 saturated carbocycles. The number of hydrogen-bond acceptors (Lipinski definition) is 4. The zero-order chi connectivity index (χ0) is 16.3. The number of hydrogen-bond donors (Lipinski definition) is 2. The number of halogens is 2. The summed E-state index contributed by atoms with van der Waals surface area (Å²) in [6.45, 7) is 0. The van der Waals surface area contributed by atoms with Gasteiger partial charge in [-0.2, -0.15) is 0 Å². The van der Waals surface area contributed by atoms with Gasteiger partial charge in [-0.3, -0.25) is 0 Å². The van der Waals surface area contributed by atoms with Gasteiger partial charge in [-0.1, -0.05) is 35.3 Å². The highest BCUT2D eigenvalue weighted by Crippen LogP contribution is 2.31. The first-order chi connectivity index (χ1) is 10.4. The summed E-state index contributed by atoms with van der Waals surface area (Å²) in [5, 5.41) is 25.8. The lowest BCUT2D eigenvalue weighted by atomic mass is 10.2. The van der Waals surface area contributed by atoms with Gasteiger partial charge in [0, 0.05) is 0 Å². The third kappa shape index (κ3) is 3.24. The van der Waals surface area contributed by atoms with Crippen LogP contribution in [0.2, 0.25) is 10.0 Å². The van der Waals surface area contributed by atoms with E-state index in [1.807, 2.05) is 0 Å². The zero-order valence-corrected chi connectivity index (χ0v) is 12.3. The second-order valence-electron chi connectivity index (χ2n) is 4.08. The van der Waals surface area contributed by atoms with Crippen LogP contribution in [0.1, 0.15) is 20.7 Å². The molecule has 0 aliphatic carbocycles. The Balaban J connectivity index is 2.51. The first-order valence-corrected chi connectivity index (χ1v) is 6.62. The summed E-state index contributed by atoms with van der Waals surface area (Å²) < 4.78 is 0. The van der Waals surface area contributed by atoms with Crippen LogP contribution in [0.5, 0.6) is 0 Å². The molecule has 0 saturated heterocycles. The van der Waals surface area contributed by atoms with Crippen LogP contribution in [0.25, 0.3) is 0 Å². The van der Waals surface area contributed by atoms with Crippen molar-refractivity contribution < 1.29 is 19.8 Å². The predicted octanol–water partition coefficient (Wildman–Crippen LogP) is 4.81. The van der Waals surface area contributed by atoms with Crippen molar-refractivity contribution in [3.8, 4) is 0 Å². The second-order valence-corrected chi connectivity index (χ2v) is 4.89. The minimum Gasteiger partial charge on any atom is -0.478 e. The molecule has 0 fully saturated rings. The average Bonchev–Trinajstić information content (AvgIpc) is 2.44. The Kier molecular flexibility index (Phi) is 4.75. The van der Waals surface area contributed by atoms with Gasteiger partial charge in [0.2, 0.25) is 0 Å². The first-order valence-electron chi connectivity index (χ1n) is 5.87. The number of carboxylic acids is 2. The molecule has 0 spiro atoms. The van der Waals surface area contributed by atoms with Crippen molar-refractivity contribution in [2.75, 3.05) is 0 Å². The summed E-state index contributed by atoms with van der Waals surface area (Å²) in [5.41, 5.74) is -0.411. The van der Waals surface area contributed by atoms with Gasteiger partial charge in [0.15, 0.2) is 0 Å². The van der Waals surface area contributed by atoms with Gasteiger partial charge in [-0.25, -0.2) is 9.59 Å². The van der Waals surface area contributed by atoms with E-state index in [9.17, 15) is 9.59 Å². The van der Waals surface area contributed by atoms with Crippen LogP contribution >= 0.6 is 23.2 Å². The van der Waals surface area contributed by atoms with E-state index in [1.165, 1.54) is 36.4 Å². The maximum Gasteiger partial charge on any atom is 0.339 e. The molecule has 2 aromatic rings. The van der Waals surface area contributed by atoms with E-state index in [-0.39, 0.29) is 32.5 Å². The summed E-state index contributed by atoms with van der Waals surface area (Å²) in [6.07, 6.45) is 0. The van der Waals surface area contributed by atoms with Crippen molar-refractivity contribution in [3.05, 3.63) is 57.6 Å². The van der Waals surface area contributed by atoms with E-state index in [0.29, 0.717) is 0 Å². The molecule has 2 rings (SSSR count). The zero-order valence-electron chi connectivity index (χ0n) is 10.8. The Morgan fingerprint density at radius 1 is 0.773 bits per heavy atom. The Bertz CT molecular complexity index is 725. The van der Waals surface area contributed by atoms with E-state index in [2.05, 4.69) is 10.2 Å². The smallest absolute Gasteiger partial charge is 0.339 e. The van der Waals surface area contributed by atoms with Crippen molar-refractivity contribution in [1.29, 1.82) is 0 Å². The minimum atomic E-state index is -1.26. The molecule has 0 bridgehead atoms. The number of rotatable bonds is 4. The summed E-state index contributed by atoms with van der Waals surface area (Å²) in [6, 6.07) is 8.66. The number of carbonyl (C=O) groups is 2. The molecule has 0 unspecified atom stereocenters. The van der Waals surface area contributed by atoms with E-state index in [0.717, 1.165) is 0 Å². The molecule has 0 heterocycles. The highest BCUT2D eigenvalue weighted by Gasteiger charge is 2.16. The Labute approximate surface area is 134 Å². The molecule has 0 atom stereocenters. The van der Waals surface area contributed by atoms with Crippen molar-refractivity contribution in [2.24, 2.45) is 10.2 Å². The molecular formula is C14H8Cl2N2O4. The minimum absolute atomic E-state index is 0.00787. The average molecular weight is 339 g/mol. The molecule has 0 aliphatic heterocycles. The normalized spacial score (nSPS) is 10.8. The Morgan fingerprint density at radius 2 is 1.14 bits per heavy atom. The van der Waals surface area contributed by atoms with Gasteiger partial charge >= 0.3 is 11.9 Å². The molecule has 0 radical (unpaired) electrons. The quantitative estimate of drug-likeness (QED) is 0.781. The van der Waals surface area contributed by atoms with E-state index >= 15 is 0 Å². The van der Waals surface area contributed by atoms with Gasteiger partial charge in [0.05, 0.1) is 10.0 Å². The molecular weight excluding hydrogens is 331 g/mol. The Morgan fingerprint density at radius 3 is 1.45 bits per heavy atom. The van der Waals surface area contributed by atoms with Gasteiger partial charge < -0.3 is 10.2 Å². The van der Waals surface area contributed by atoms with Crippen LogP contribution < -0.4 is 0 Å². The van der Waals surface area contributed by atoms with Gasteiger partial charge in [-0.15, -0.1) is 10.2 Å². The van der Waals surface area contributed by atoms with Crippen molar-refractivity contribution >= 4 is 46.5 Å². The van der Waals surface area contributed by atoms with Crippen LogP contribution in [-0.2, 0) is 0 Å². The molecule has 6 nitrogen and oxygen atoms in total. The standard InChI is InChI=1S/C14H8Cl2N2O4/c15-7-3-1-5-9(11(7)13(19)20)17-18-10-6-2-4-8(16)12(10)14(21)22/h1-6H,(H,19,20)(H,21,22)/b18-17+. The van der Waals surface area contributed by atoms with Crippen molar-refractivity contribution in [1.82, 2.24) is 0 Å². The fourth-order valence-corrected chi connectivity index (χ4v) is 2.22. The van der Waals surface area contributed by atoms with Crippen LogP contribution in [0.4, 0.5) is 11.4 Å². The van der Waals surface area contributed by atoms with Crippen LogP contribution in [0, 0.1) is 0 Å². The van der Waals surface area contributed by atoms with Gasteiger partial charge in [0.25, 0.3) is 0 Å². The molecule has 0 aromatic heterocycles. The third-order valence-corrected chi connectivity index (χ3v) is 3.31. The predicted molar refractivity (Wildman–Crippen MR) is 81.0 cm³/mol. The highest BCUT2D eigenvalue weighted by molar-refractivity contribution is 6.34. The van der Waals surface area contributed by atoms with Crippen molar-refractivity contribution in [2.45, 2.75) is 0 Å². The lowest BCUT2D eigenvalue weighted by Gasteiger charge is -2.04. The number of nitrogens with zero attached hydrogens (tertiary/aromatic N) is 2. The number of azo groups is 1. The van der Waals surface area contributed by atoms with E-state index < -0.39 is 11.9 Å². The number of aromatic carboxylic acids is 2. The first kappa shape index (κ1) is 15.9. The molecule has 2 N–H and O–H groups in total. The largest absolute Gasteiger partial charge is 0.478 e. The van der Waals surface area contributed by atoms with Crippen molar-refractivity contribution in [3.63, 3.8) is 0 Å². The summed E-state index contributed by atoms with van der Waals surface area (Å²) in [4.78, 5) is 22.4. The Hall–Kier alpha value is -2.44. The fraction of sp³-hybridized carbons (Fsp3) is 0. The van der Waals surface area contributed by atoms with E-state index in [4.69, 9.17) is 33.4 Å². The van der Waals surface area contributed by atoms with Crippen LogP contribution in [0.15, 0.2) is 46.6 Å². The second kappa shape index (κ2) is 6.55. The summed E-state index contributed by atoms with van der Waals surface area (Å²) >= 11 is 11.6. The lowest BCUT2D eigenvalue weighted by Crippen LogP contribution is -1.98. The highest BCUT2D eigenvalue weighted by atomic mass is 35.5. The SMILES string of the molecule is O=C(O)c1c(Cl)cccc1/N=N/c1cccc(Cl)c1C(=O)O.